The number of hydrogen-bond donors (Lipinski definition) is 2. The Balaban J connectivity index is 1.41. The first-order valence-electron chi connectivity index (χ1n) is 11.4. The van der Waals surface area contributed by atoms with E-state index in [4.69, 9.17) is 19.9 Å². The van der Waals surface area contributed by atoms with Gasteiger partial charge in [0.1, 0.15) is 5.69 Å². The lowest BCUT2D eigenvalue weighted by Gasteiger charge is -2.28. The topological polar surface area (TPSA) is 121 Å². The number of fused-ring (bicyclic) bond motifs is 1. The second-order valence-corrected chi connectivity index (χ2v) is 8.00. The second-order valence-electron chi connectivity index (χ2n) is 8.00. The van der Waals surface area contributed by atoms with Gasteiger partial charge < -0.3 is 25.3 Å². The van der Waals surface area contributed by atoms with Gasteiger partial charge in [-0.25, -0.2) is 4.57 Å². The van der Waals surface area contributed by atoms with Gasteiger partial charge in [-0.3, -0.25) is 14.5 Å². The number of rotatable bonds is 11. The predicted octanol–water partition coefficient (Wildman–Crippen LogP) is 2.80. The highest BCUT2D eigenvalue weighted by Crippen LogP contribution is 2.29. The normalized spacial score (nSPS) is 13.3. The van der Waals surface area contributed by atoms with Gasteiger partial charge in [0.05, 0.1) is 26.5 Å². The number of nitrogens with one attached hydrogen (secondary N) is 1. The van der Waals surface area contributed by atoms with Crippen molar-refractivity contribution in [1.29, 1.82) is 0 Å². The molecule has 2 aromatic carbocycles. The van der Waals surface area contributed by atoms with E-state index >= 15 is 0 Å². The first-order chi connectivity index (χ1) is 17.0. The highest BCUT2D eigenvalue weighted by molar-refractivity contribution is 5.82. The van der Waals surface area contributed by atoms with Crippen LogP contribution in [0, 0.1) is 0 Å². The predicted molar refractivity (Wildman–Crippen MR) is 132 cm³/mol. The number of nitrogen functional groups attached to an aromatic ring is 1. The van der Waals surface area contributed by atoms with Crippen LogP contribution in [0.5, 0.6) is 0 Å². The van der Waals surface area contributed by atoms with E-state index in [1.165, 1.54) is 6.92 Å². The monoisotopic (exact) mass is 479 g/mol. The summed E-state index contributed by atoms with van der Waals surface area (Å²) < 4.78 is 18.7. The quantitative estimate of drug-likeness (QED) is 0.316. The molecule has 0 amide bonds. The zero-order valence-corrected chi connectivity index (χ0v) is 19.6. The van der Waals surface area contributed by atoms with E-state index in [0.29, 0.717) is 32.8 Å². The molecule has 4 rings (SSSR count). The molecular weight excluding hydrogens is 450 g/mol. The molecule has 1 aliphatic rings. The Kier molecular flexibility index (Phi) is 8.09. The summed E-state index contributed by atoms with van der Waals surface area (Å²) in [4.78, 5) is 30.5. The molecule has 0 spiro atoms. The first kappa shape index (κ1) is 24.4. The van der Waals surface area contributed by atoms with Crippen LogP contribution in [0.25, 0.3) is 0 Å². The maximum atomic E-state index is 12.8. The molecule has 1 atom stereocenters. The van der Waals surface area contributed by atoms with Crippen LogP contribution in [0.4, 0.5) is 17.5 Å². The van der Waals surface area contributed by atoms with Crippen LogP contribution >= 0.6 is 0 Å². The van der Waals surface area contributed by atoms with Crippen molar-refractivity contribution in [3.8, 4) is 0 Å². The SMILES string of the molecule is CC(=O)n1c(N)nc2c(c1=O)NCN2C(OCCCOCc1ccccc1)OCc1ccccc1. The third-order valence-corrected chi connectivity index (χ3v) is 5.40. The third kappa shape index (κ3) is 6.04. The molecule has 35 heavy (non-hydrogen) atoms. The van der Waals surface area contributed by atoms with Crippen molar-refractivity contribution in [2.24, 2.45) is 0 Å². The van der Waals surface area contributed by atoms with Crippen LogP contribution in [0.1, 0.15) is 29.3 Å². The molecule has 1 aliphatic heterocycles. The Morgan fingerprint density at radius 2 is 1.69 bits per heavy atom. The fraction of sp³-hybridized carbons (Fsp3) is 0.320. The average molecular weight is 480 g/mol. The van der Waals surface area contributed by atoms with Gasteiger partial charge in [-0.15, -0.1) is 0 Å². The molecular formula is C25H29N5O5. The van der Waals surface area contributed by atoms with Crippen LogP contribution in [0.3, 0.4) is 0 Å². The summed E-state index contributed by atoms with van der Waals surface area (Å²) in [5, 5.41) is 2.99. The van der Waals surface area contributed by atoms with Crippen molar-refractivity contribution in [2.75, 3.05) is 35.8 Å². The molecule has 1 unspecified atom stereocenters. The van der Waals surface area contributed by atoms with Crippen molar-refractivity contribution in [3.63, 3.8) is 0 Å². The Hall–Kier alpha value is -3.73. The molecule has 184 valence electrons. The molecule has 0 radical (unpaired) electrons. The summed E-state index contributed by atoms with van der Waals surface area (Å²) in [6.07, 6.45) is -0.189. The van der Waals surface area contributed by atoms with Crippen LogP contribution < -0.4 is 21.5 Å². The fourth-order valence-corrected chi connectivity index (χ4v) is 3.69. The van der Waals surface area contributed by atoms with Gasteiger partial charge in [0.2, 0.25) is 18.3 Å². The lowest BCUT2D eigenvalue weighted by Crippen LogP contribution is -2.40. The summed E-state index contributed by atoms with van der Waals surface area (Å²) in [5.41, 5.74) is 7.61. The lowest BCUT2D eigenvalue weighted by atomic mass is 10.2. The molecule has 2 heterocycles. The van der Waals surface area contributed by atoms with Crippen molar-refractivity contribution in [3.05, 3.63) is 82.1 Å². The van der Waals surface area contributed by atoms with Crippen molar-refractivity contribution in [1.82, 2.24) is 9.55 Å². The highest BCUT2D eigenvalue weighted by atomic mass is 16.7. The summed E-state index contributed by atoms with van der Waals surface area (Å²) in [7, 11) is 0. The lowest BCUT2D eigenvalue weighted by molar-refractivity contribution is -0.151. The maximum Gasteiger partial charge on any atom is 0.287 e. The maximum absolute atomic E-state index is 12.8. The number of benzene rings is 2. The number of nitrogens with two attached hydrogens (primary N) is 1. The summed E-state index contributed by atoms with van der Waals surface area (Å²) >= 11 is 0. The molecule has 3 N–H and O–H groups in total. The van der Waals surface area contributed by atoms with E-state index in [0.717, 1.165) is 15.7 Å². The Labute approximate surface area is 203 Å². The van der Waals surface area contributed by atoms with Crippen molar-refractivity contribution >= 4 is 23.4 Å². The summed E-state index contributed by atoms with van der Waals surface area (Å²) in [5.74, 6) is -0.416. The molecule has 1 aromatic heterocycles. The molecule has 0 aliphatic carbocycles. The molecule has 3 aromatic rings. The Morgan fingerprint density at radius 3 is 2.34 bits per heavy atom. The minimum atomic E-state index is -0.836. The van der Waals surface area contributed by atoms with E-state index in [1.807, 2.05) is 60.7 Å². The summed E-state index contributed by atoms with van der Waals surface area (Å²) in [6.45, 7) is 3.17. The zero-order valence-electron chi connectivity index (χ0n) is 19.6. The molecule has 0 saturated carbocycles. The number of ether oxygens (including phenoxy) is 3. The summed E-state index contributed by atoms with van der Waals surface area (Å²) in [6, 6.07) is 19.6. The number of anilines is 3. The largest absolute Gasteiger partial charge is 0.377 e. The minimum absolute atomic E-state index is 0.178. The molecule has 0 fully saturated rings. The first-order valence-corrected chi connectivity index (χ1v) is 11.4. The van der Waals surface area contributed by atoms with Gasteiger partial charge in [0.25, 0.3) is 5.56 Å². The Bertz CT molecular complexity index is 1190. The van der Waals surface area contributed by atoms with E-state index in [2.05, 4.69) is 10.3 Å². The van der Waals surface area contributed by atoms with E-state index in [-0.39, 0.29) is 24.1 Å². The van der Waals surface area contributed by atoms with Gasteiger partial charge in [-0.05, 0) is 17.5 Å². The number of carbonyl (C=O) groups is 1. The van der Waals surface area contributed by atoms with Crippen LogP contribution in [0.15, 0.2) is 65.5 Å². The number of carbonyl (C=O) groups excluding carboxylic acids is 1. The van der Waals surface area contributed by atoms with Gasteiger partial charge in [0.15, 0.2) is 5.82 Å². The number of nitrogens with zero attached hydrogens (tertiary/aromatic N) is 3. The fourth-order valence-electron chi connectivity index (χ4n) is 3.69. The highest BCUT2D eigenvalue weighted by Gasteiger charge is 2.32. The standard InChI is InChI=1S/C25H29N5O5/c1-18(31)30-23(32)21-22(28-24(30)26)29(17-27-21)25(35-16-20-11-6-3-7-12-20)34-14-8-13-33-15-19-9-4-2-5-10-19/h2-7,9-12,25,27H,8,13-17H2,1H3,(H2,26,28). The second kappa shape index (κ2) is 11.6. The van der Waals surface area contributed by atoms with E-state index < -0.39 is 17.9 Å². The van der Waals surface area contributed by atoms with E-state index in [1.54, 1.807) is 4.90 Å². The van der Waals surface area contributed by atoms with Gasteiger partial charge in [-0.2, -0.15) is 4.98 Å². The van der Waals surface area contributed by atoms with Gasteiger partial charge in [0, 0.05) is 13.5 Å². The van der Waals surface area contributed by atoms with Crippen molar-refractivity contribution in [2.45, 2.75) is 33.0 Å². The molecule has 10 nitrogen and oxygen atoms in total. The molecule has 10 heteroatoms. The van der Waals surface area contributed by atoms with Gasteiger partial charge in [-0.1, -0.05) is 60.7 Å². The molecule has 0 bridgehead atoms. The zero-order chi connectivity index (χ0) is 24.6. The van der Waals surface area contributed by atoms with Crippen LogP contribution in [-0.4, -0.2) is 41.8 Å². The number of aromatic nitrogens is 2. The Morgan fingerprint density at radius 1 is 1.03 bits per heavy atom. The minimum Gasteiger partial charge on any atom is -0.377 e. The van der Waals surface area contributed by atoms with Crippen LogP contribution in [0.2, 0.25) is 0 Å². The van der Waals surface area contributed by atoms with Crippen LogP contribution in [-0.2, 0) is 27.4 Å². The van der Waals surface area contributed by atoms with E-state index in [9.17, 15) is 9.59 Å². The van der Waals surface area contributed by atoms with Gasteiger partial charge >= 0.3 is 0 Å². The van der Waals surface area contributed by atoms with Crippen molar-refractivity contribution < 1.29 is 19.0 Å². The number of hydrogen-bond acceptors (Lipinski definition) is 9. The third-order valence-electron chi connectivity index (χ3n) is 5.40. The molecule has 0 saturated heterocycles. The average Bonchev–Trinajstić information content (AvgIpc) is 3.28. The smallest absolute Gasteiger partial charge is 0.287 e.